The zero-order valence-corrected chi connectivity index (χ0v) is 86.9. The SMILES string of the molecule is CCCCCCCCCCCCCCCP(CCCCCCCCCCCCCCC)C(C)(CC(P(CCCCCCCCCCCC)CCCCCCCCCCCC)P(CCCCCCCCCCCC)CCCCCCCCCCCC)P(CCCCCCCCCCCCCCC)CCCCCCCCCCCCCCC. The Hall–Kier alpha value is 1.72. The van der Waals surface area contributed by atoms with Gasteiger partial charge in [0.05, 0.1) is 0 Å². The molecule has 0 radical (unpaired) electrons. The van der Waals surface area contributed by atoms with Gasteiger partial charge in [0.15, 0.2) is 0 Å². The third kappa shape index (κ3) is 83.9. The number of hydrogen-bond acceptors (Lipinski definition) is 0. The van der Waals surface area contributed by atoms with E-state index in [4.69, 9.17) is 0 Å². The lowest BCUT2D eigenvalue weighted by atomic mass is 10.0. The van der Waals surface area contributed by atoms with Crippen molar-refractivity contribution >= 4 is 31.7 Å². The molecule has 0 N–H and O–H groups in total. The molecule has 698 valence electrons. The highest BCUT2D eigenvalue weighted by molar-refractivity contribution is 7.78. The van der Waals surface area contributed by atoms with Gasteiger partial charge < -0.3 is 0 Å². The summed E-state index contributed by atoms with van der Waals surface area (Å²) in [5.41, 5.74) is 0. The average molecular weight is 1700 g/mol. The molecule has 0 aromatic carbocycles. The molecule has 4 heteroatoms. The van der Waals surface area contributed by atoms with E-state index < -0.39 is 0 Å². The molecule has 0 aromatic heterocycles. The summed E-state index contributed by atoms with van der Waals surface area (Å²) in [6, 6.07) is 0. The summed E-state index contributed by atoms with van der Waals surface area (Å²) in [6.07, 6.45) is 152. The van der Waals surface area contributed by atoms with E-state index in [2.05, 4.69) is 62.3 Å². The largest absolute Gasteiger partial charge is 0.0991 e. The molecule has 0 saturated carbocycles. The van der Waals surface area contributed by atoms with Crippen molar-refractivity contribution < 1.29 is 0 Å². The standard InChI is InChI=1S/C112H230P4/c1-10-18-26-34-42-50-58-62-66-74-82-90-98-106-115(107-99-91-83-75-67-63-59-51-43-35-27-19-11-2)112(9,116(108-100-92-84-76-68-64-60-52-44-36-28-20-12-3)109-101-93-85-77-69-65-61-53-45-37-29-21-13-4)110-111(113(102-94-86-78-70-54-46-38-30-22-14-5)103-95-87-79-71-55-47-39-31-23-15-6)114(104-96-88-80-72-56-48-40-32-24-16-7)105-97-89-81-73-57-49-41-33-25-17-8/h111H,10-110H2,1-9H3. The molecule has 0 spiro atoms. The number of rotatable bonds is 106. The number of hydrogen-bond donors (Lipinski definition) is 0. The van der Waals surface area contributed by atoms with Gasteiger partial charge in [-0.05, 0) is 107 Å². The van der Waals surface area contributed by atoms with Crippen LogP contribution in [-0.4, -0.2) is 59.6 Å². The van der Waals surface area contributed by atoms with Crippen molar-refractivity contribution in [3.05, 3.63) is 0 Å². The Labute approximate surface area is 745 Å². The lowest BCUT2D eigenvalue weighted by molar-refractivity contribution is 0.541. The van der Waals surface area contributed by atoms with Crippen LogP contribution in [0.4, 0.5) is 0 Å². The van der Waals surface area contributed by atoms with E-state index in [9.17, 15) is 0 Å². The van der Waals surface area contributed by atoms with E-state index in [0.29, 0.717) is 4.90 Å². The summed E-state index contributed by atoms with van der Waals surface area (Å²) < 4.78 is 0. The Balaban J connectivity index is 8.33. The van der Waals surface area contributed by atoms with Crippen LogP contribution in [0.25, 0.3) is 0 Å². The first-order valence-corrected chi connectivity index (χ1v) is 63.4. The summed E-state index contributed by atoms with van der Waals surface area (Å²) >= 11 is 0. The van der Waals surface area contributed by atoms with Gasteiger partial charge in [-0.1, -0.05) is 633 Å². The summed E-state index contributed by atoms with van der Waals surface area (Å²) in [4.78, 5) is 0.587. The second-order valence-electron chi connectivity index (χ2n) is 39.6. The van der Waals surface area contributed by atoms with Crippen LogP contribution >= 0.6 is 31.7 Å². The lowest BCUT2D eigenvalue weighted by Crippen LogP contribution is -2.31. The molecule has 0 nitrogen and oxygen atoms in total. The van der Waals surface area contributed by atoms with Gasteiger partial charge in [0, 0.05) is 10.3 Å². The zero-order chi connectivity index (χ0) is 83.8. The molecule has 0 aliphatic carbocycles. The molecule has 0 aliphatic rings. The Bertz CT molecular complexity index is 1490. The lowest BCUT2D eigenvalue weighted by Gasteiger charge is -2.50. The maximum atomic E-state index is 3.26. The van der Waals surface area contributed by atoms with Gasteiger partial charge in [0.25, 0.3) is 0 Å². The maximum Gasteiger partial charge on any atom is 0.00873 e. The average Bonchev–Trinajstić information content (AvgIpc) is 0.787. The van der Waals surface area contributed by atoms with Crippen LogP contribution in [0.3, 0.4) is 0 Å². The quantitative estimate of drug-likeness (QED) is 0.0421. The highest BCUT2D eigenvalue weighted by Gasteiger charge is 2.44. The van der Waals surface area contributed by atoms with Crippen molar-refractivity contribution in [2.24, 2.45) is 0 Å². The normalized spacial score (nSPS) is 12.3. The summed E-state index contributed by atoms with van der Waals surface area (Å²) in [7, 11) is -0.112. The van der Waals surface area contributed by atoms with Gasteiger partial charge in [-0.25, -0.2) is 0 Å². The molecule has 0 amide bonds. The predicted octanol–water partition coefficient (Wildman–Crippen LogP) is 44.4. The molecule has 0 rings (SSSR count). The van der Waals surface area contributed by atoms with E-state index in [1.807, 2.05) is 0 Å². The third-order valence-electron chi connectivity index (χ3n) is 28.1. The van der Waals surface area contributed by atoms with Gasteiger partial charge in [-0.15, -0.1) is 0 Å². The first kappa shape index (κ1) is 118. The Morgan fingerprint density at radius 2 is 0.224 bits per heavy atom. The van der Waals surface area contributed by atoms with E-state index in [-0.39, 0.29) is 31.7 Å². The van der Waals surface area contributed by atoms with Crippen LogP contribution in [0.15, 0.2) is 0 Å². The molecule has 0 fully saturated rings. The van der Waals surface area contributed by atoms with Gasteiger partial charge in [-0.3, -0.25) is 0 Å². The Morgan fingerprint density at radius 3 is 0.336 bits per heavy atom. The van der Waals surface area contributed by atoms with E-state index in [1.165, 1.54) is 514 Å². The molecule has 116 heavy (non-hydrogen) atoms. The molecule has 0 unspecified atom stereocenters. The summed E-state index contributed by atoms with van der Waals surface area (Å²) in [5, 5.41) is 1.07. The highest BCUT2D eigenvalue weighted by Crippen LogP contribution is 2.74. The molecule has 0 aromatic rings. The fraction of sp³-hybridized carbons (Fsp3) is 1.00. The summed E-state index contributed by atoms with van der Waals surface area (Å²) in [6.45, 7) is 22.4. The zero-order valence-electron chi connectivity index (χ0n) is 83.3. The first-order valence-electron chi connectivity index (χ1n) is 56.4. The maximum absolute atomic E-state index is 3.26. The highest BCUT2D eigenvalue weighted by atomic mass is 31.2. The van der Waals surface area contributed by atoms with E-state index in [0.717, 1.165) is 5.40 Å². The molecule has 0 aliphatic heterocycles. The fourth-order valence-corrected chi connectivity index (χ4v) is 37.5. The van der Waals surface area contributed by atoms with Gasteiger partial charge >= 0.3 is 0 Å². The molecular formula is C112H230P4. The fourth-order valence-electron chi connectivity index (χ4n) is 19.8. The second-order valence-corrected chi connectivity index (χ2v) is 51.7. The summed E-state index contributed by atoms with van der Waals surface area (Å²) in [5.74, 6) is 0. The smallest absolute Gasteiger partial charge is 0.00873 e. The van der Waals surface area contributed by atoms with Crippen LogP contribution in [0.1, 0.15) is 659 Å². The predicted molar refractivity (Wildman–Crippen MR) is 554 cm³/mol. The van der Waals surface area contributed by atoms with Crippen LogP contribution in [0.2, 0.25) is 0 Å². The van der Waals surface area contributed by atoms with Crippen molar-refractivity contribution in [1.82, 2.24) is 0 Å². The van der Waals surface area contributed by atoms with E-state index >= 15 is 0 Å². The third-order valence-corrected chi connectivity index (χ3v) is 43.9. The van der Waals surface area contributed by atoms with Gasteiger partial charge in [0.2, 0.25) is 0 Å². The van der Waals surface area contributed by atoms with Crippen molar-refractivity contribution in [2.75, 3.05) is 49.3 Å². The van der Waals surface area contributed by atoms with E-state index in [1.54, 1.807) is 133 Å². The minimum atomic E-state index is -0.0553. The van der Waals surface area contributed by atoms with Crippen molar-refractivity contribution in [3.63, 3.8) is 0 Å². The number of unbranched alkanes of at least 4 members (excludes halogenated alkanes) is 84. The Kier molecular flexibility index (Phi) is 104. The van der Waals surface area contributed by atoms with Crippen molar-refractivity contribution in [2.45, 2.75) is 670 Å². The minimum absolute atomic E-state index is 0.000442. The van der Waals surface area contributed by atoms with Gasteiger partial charge in [0.1, 0.15) is 0 Å². The Morgan fingerprint density at radius 1 is 0.129 bits per heavy atom. The van der Waals surface area contributed by atoms with Gasteiger partial charge in [-0.2, -0.15) is 0 Å². The first-order chi connectivity index (χ1) is 57.4. The van der Waals surface area contributed by atoms with Crippen molar-refractivity contribution in [3.8, 4) is 0 Å². The van der Waals surface area contributed by atoms with Crippen LogP contribution in [-0.2, 0) is 0 Å². The van der Waals surface area contributed by atoms with Crippen molar-refractivity contribution in [1.29, 1.82) is 0 Å². The molecule has 0 bridgehead atoms. The molecule has 0 heterocycles. The van der Waals surface area contributed by atoms with Crippen LogP contribution in [0.5, 0.6) is 0 Å². The molecular weight excluding hydrogens is 1470 g/mol. The molecule has 0 saturated heterocycles. The van der Waals surface area contributed by atoms with Crippen LogP contribution in [0, 0.1) is 0 Å². The topological polar surface area (TPSA) is 0 Å². The van der Waals surface area contributed by atoms with Crippen LogP contribution < -0.4 is 0 Å². The minimum Gasteiger partial charge on any atom is -0.0991 e. The second kappa shape index (κ2) is 102. The molecule has 0 atom stereocenters. The monoisotopic (exact) mass is 1700 g/mol.